The van der Waals surface area contributed by atoms with Gasteiger partial charge in [0.1, 0.15) is 0 Å². The Balaban J connectivity index is -0.000000218. The Kier molecular flexibility index (Phi) is 32.6. The van der Waals surface area contributed by atoms with E-state index in [9.17, 15) is 0 Å². The maximum Gasteiger partial charge on any atom is 0.00387 e. The molecular weight excluding hydrogens is 158 g/mol. The first kappa shape index (κ1) is 18.7. The number of nitrogens with two attached hydrogens (primary N) is 1. The van der Waals surface area contributed by atoms with E-state index < -0.39 is 0 Å². The summed E-state index contributed by atoms with van der Waals surface area (Å²) in [5.74, 6) is 0. The third kappa shape index (κ3) is 24.5. The summed E-state index contributed by atoms with van der Waals surface area (Å²) >= 11 is 0. The first-order chi connectivity index (χ1) is 6.31. The summed E-state index contributed by atoms with van der Waals surface area (Å²) in [5.41, 5.74) is 5.77. The summed E-state index contributed by atoms with van der Waals surface area (Å²) in [6.07, 6.45) is 6.20. The van der Waals surface area contributed by atoms with Gasteiger partial charge >= 0.3 is 0 Å². The molecule has 0 aromatic carbocycles. The molecule has 1 atom stereocenters. The van der Waals surface area contributed by atoms with Crippen molar-refractivity contribution in [2.75, 3.05) is 0 Å². The lowest BCUT2D eigenvalue weighted by molar-refractivity contribution is 0.535. The highest BCUT2D eigenvalue weighted by atomic mass is 14.6. The lowest BCUT2D eigenvalue weighted by atomic mass is 10.1. The molecule has 0 bridgehead atoms. The predicted octanol–water partition coefficient (Wildman–Crippen LogP) is 4.36. The van der Waals surface area contributed by atoms with E-state index in [0.717, 1.165) is 0 Å². The number of hydrogen-bond donors (Lipinski definition) is 1. The van der Waals surface area contributed by atoms with Gasteiger partial charge in [-0.25, -0.2) is 0 Å². The Hall–Kier alpha value is -0.0400. The molecule has 0 saturated carbocycles. The summed E-state index contributed by atoms with van der Waals surface area (Å²) in [6.45, 7) is 12.4. The Morgan fingerprint density at radius 1 is 0.846 bits per heavy atom. The molecule has 84 valence electrons. The Labute approximate surface area is 86.1 Å². The highest BCUT2D eigenvalue weighted by Crippen LogP contribution is 2.02. The molecule has 0 rings (SSSR count). The molecule has 0 fully saturated rings. The van der Waals surface area contributed by atoms with Crippen molar-refractivity contribution in [1.29, 1.82) is 0 Å². The van der Waals surface area contributed by atoms with E-state index in [1.807, 2.05) is 27.7 Å². The molecule has 0 aromatic rings. The van der Waals surface area contributed by atoms with Gasteiger partial charge in [-0.2, -0.15) is 0 Å². The summed E-state index contributed by atoms with van der Waals surface area (Å²) in [4.78, 5) is 0. The molecule has 0 aliphatic rings. The average molecular weight is 189 g/mol. The fourth-order valence-electron chi connectivity index (χ4n) is 0.981. The zero-order chi connectivity index (χ0) is 11.1. The number of unbranched alkanes of at least 4 members (excludes halogenated alkanes) is 1. The van der Waals surface area contributed by atoms with Crippen molar-refractivity contribution < 1.29 is 0 Å². The van der Waals surface area contributed by atoms with Crippen LogP contribution in [0.5, 0.6) is 0 Å². The number of hydrogen-bond acceptors (Lipinski definition) is 1. The molecule has 0 heterocycles. The Bertz CT molecular complexity index is 53.1. The lowest BCUT2D eigenvalue weighted by Crippen LogP contribution is -2.18. The highest BCUT2D eigenvalue weighted by molar-refractivity contribution is 4.58. The van der Waals surface area contributed by atoms with Crippen molar-refractivity contribution in [3.05, 3.63) is 0 Å². The van der Waals surface area contributed by atoms with Crippen molar-refractivity contribution in [3.63, 3.8) is 0 Å². The van der Waals surface area contributed by atoms with Crippen LogP contribution >= 0.6 is 0 Å². The van der Waals surface area contributed by atoms with Crippen LogP contribution in [-0.4, -0.2) is 6.04 Å². The van der Waals surface area contributed by atoms with Crippen LogP contribution < -0.4 is 5.73 Å². The quantitative estimate of drug-likeness (QED) is 0.683. The summed E-state index contributed by atoms with van der Waals surface area (Å²) in [7, 11) is 0. The molecule has 1 unspecified atom stereocenters. The molecule has 0 aliphatic heterocycles. The van der Waals surface area contributed by atoms with Gasteiger partial charge in [-0.1, -0.05) is 60.8 Å². The minimum atomic E-state index is 0.468. The van der Waals surface area contributed by atoms with Gasteiger partial charge in [-0.05, 0) is 12.8 Å². The van der Waals surface area contributed by atoms with E-state index in [1.54, 1.807) is 0 Å². The zero-order valence-electron chi connectivity index (χ0n) is 10.7. The molecule has 2 N–H and O–H groups in total. The second-order valence-electron chi connectivity index (χ2n) is 2.69. The van der Waals surface area contributed by atoms with Crippen molar-refractivity contribution in [2.45, 2.75) is 79.7 Å². The zero-order valence-corrected chi connectivity index (χ0v) is 10.7. The van der Waals surface area contributed by atoms with Crippen molar-refractivity contribution in [2.24, 2.45) is 5.73 Å². The van der Waals surface area contributed by atoms with Gasteiger partial charge in [0, 0.05) is 6.04 Å². The van der Waals surface area contributed by atoms with Gasteiger partial charge in [-0.15, -0.1) is 0 Å². The molecule has 0 saturated heterocycles. The molecule has 0 radical (unpaired) electrons. The molecule has 0 aromatic heterocycles. The van der Waals surface area contributed by atoms with Crippen LogP contribution in [0.2, 0.25) is 0 Å². The lowest BCUT2D eigenvalue weighted by Gasteiger charge is -2.07. The first-order valence-electron chi connectivity index (χ1n) is 6.06. The summed E-state index contributed by atoms with van der Waals surface area (Å²) in [6, 6.07) is 0.468. The fourth-order valence-corrected chi connectivity index (χ4v) is 0.981. The van der Waals surface area contributed by atoms with E-state index in [1.165, 1.54) is 32.1 Å². The smallest absolute Gasteiger partial charge is 0.00387 e. The molecule has 0 amide bonds. The maximum absolute atomic E-state index is 5.77. The molecule has 1 nitrogen and oxygen atoms in total. The summed E-state index contributed by atoms with van der Waals surface area (Å²) in [5, 5.41) is 0. The average Bonchev–Trinajstić information content (AvgIpc) is 2.21. The van der Waals surface area contributed by atoms with Gasteiger partial charge in [-0.3, -0.25) is 0 Å². The van der Waals surface area contributed by atoms with Crippen molar-refractivity contribution >= 4 is 0 Å². The van der Waals surface area contributed by atoms with Gasteiger partial charge in [0.25, 0.3) is 0 Å². The fraction of sp³-hybridized carbons (Fsp3) is 1.00. The van der Waals surface area contributed by atoms with E-state index >= 15 is 0 Å². The van der Waals surface area contributed by atoms with Gasteiger partial charge in [0.05, 0.1) is 0 Å². The van der Waals surface area contributed by atoms with Crippen LogP contribution in [-0.2, 0) is 0 Å². The van der Waals surface area contributed by atoms with Crippen LogP contribution in [0.25, 0.3) is 0 Å². The van der Waals surface area contributed by atoms with Gasteiger partial charge in [0.15, 0.2) is 0 Å². The molecule has 1 heteroatoms. The minimum absolute atomic E-state index is 0.468. The second kappa shape index (κ2) is 22.7. The van der Waals surface area contributed by atoms with E-state index in [-0.39, 0.29) is 0 Å². The van der Waals surface area contributed by atoms with Crippen molar-refractivity contribution in [1.82, 2.24) is 0 Å². The first-order valence-corrected chi connectivity index (χ1v) is 6.06. The van der Waals surface area contributed by atoms with E-state index in [0.29, 0.717) is 6.04 Å². The Morgan fingerprint density at radius 2 is 1.31 bits per heavy atom. The standard InChI is InChI=1S/C8H19N.2C2H6/c1-3-5-7-8(9)6-4-2;2*1-2/h8H,3-7,9H2,1-2H3;2*1-2H3. The van der Waals surface area contributed by atoms with Crippen LogP contribution in [0.3, 0.4) is 0 Å². The van der Waals surface area contributed by atoms with Crippen LogP contribution in [0.15, 0.2) is 0 Å². The maximum atomic E-state index is 5.77. The molecule has 0 aliphatic carbocycles. The van der Waals surface area contributed by atoms with Crippen LogP contribution in [0, 0.1) is 0 Å². The SMILES string of the molecule is CC.CC.CCCCC(N)CCC. The monoisotopic (exact) mass is 189 g/mol. The largest absolute Gasteiger partial charge is 0.328 e. The second-order valence-corrected chi connectivity index (χ2v) is 2.69. The summed E-state index contributed by atoms with van der Waals surface area (Å²) < 4.78 is 0. The normalized spacial score (nSPS) is 10.4. The van der Waals surface area contributed by atoms with Crippen LogP contribution in [0.4, 0.5) is 0 Å². The minimum Gasteiger partial charge on any atom is -0.328 e. The highest BCUT2D eigenvalue weighted by Gasteiger charge is 1.97. The van der Waals surface area contributed by atoms with E-state index in [4.69, 9.17) is 5.73 Å². The third-order valence-corrected chi connectivity index (χ3v) is 1.59. The van der Waals surface area contributed by atoms with E-state index in [2.05, 4.69) is 13.8 Å². The Morgan fingerprint density at radius 3 is 1.62 bits per heavy atom. The molecule has 13 heavy (non-hydrogen) atoms. The molecular formula is C12H31N. The van der Waals surface area contributed by atoms with Gasteiger partial charge in [0.2, 0.25) is 0 Å². The number of rotatable bonds is 5. The topological polar surface area (TPSA) is 26.0 Å². The van der Waals surface area contributed by atoms with Crippen molar-refractivity contribution in [3.8, 4) is 0 Å². The third-order valence-electron chi connectivity index (χ3n) is 1.59. The molecule has 0 spiro atoms. The van der Waals surface area contributed by atoms with Crippen LogP contribution in [0.1, 0.15) is 73.6 Å². The predicted molar refractivity (Wildman–Crippen MR) is 65.1 cm³/mol. The van der Waals surface area contributed by atoms with Gasteiger partial charge < -0.3 is 5.73 Å².